The number of hydrogen-bond acceptors (Lipinski definition) is 4. The number of piperidine rings is 3. The fourth-order valence-corrected chi connectivity index (χ4v) is 4.68. The maximum atomic E-state index is 13.4. The predicted octanol–water partition coefficient (Wildman–Crippen LogP) is 3.19. The lowest BCUT2D eigenvalue weighted by Crippen LogP contribution is -2.64. The molecule has 2 bridgehead atoms. The predicted molar refractivity (Wildman–Crippen MR) is 96.8 cm³/mol. The van der Waals surface area contributed by atoms with Crippen molar-refractivity contribution in [2.75, 3.05) is 20.2 Å². The molecule has 0 aliphatic carbocycles. The first-order valence-electron chi connectivity index (χ1n) is 8.87. The number of fused-ring (bicyclic) bond motifs is 4. The number of benzene rings is 1. The first-order chi connectivity index (χ1) is 12.1. The number of hydroxylamine groups is 3. The number of methoxy groups -OCH3 is 1. The highest BCUT2D eigenvalue weighted by atomic mass is 16.6. The van der Waals surface area contributed by atoms with E-state index in [0.29, 0.717) is 19.0 Å². The van der Waals surface area contributed by atoms with Crippen LogP contribution in [0.5, 0.6) is 5.75 Å². The molecule has 25 heavy (non-hydrogen) atoms. The van der Waals surface area contributed by atoms with E-state index in [2.05, 4.69) is 11.6 Å². The van der Waals surface area contributed by atoms with Crippen molar-refractivity contribution in [3.8, 4) is 5.75 Å². The van der Waals surface area contributed by atoms with Gasteiger partial charge in [0.15, 0.2) is 0 Å². The number of quaternary nitrogens is 1. The maximum absolute atomic E-state index is 13.4. The summed E-state index contributed by atoms with van der Waals surface area (Å²) in [5, 5.41) is 25.4. The summed E-state index contributed by atoms with van der Waals surface area (Å²) in [6.45, 7) is 5.01. The molecule has 5 atom stereocenters. The number of pyridine rings is 1. The Hall–Kier alpha value is -1.95. The third kappa shape index (κ3) is 2.63. The minimum absolute atomic E-state index is 0.268. The van der Waals surface area contributed by atoms with Gasteiger partial charge < -0.3 is 19.7 Å². The maximum Gasteiger partial charge on any atom is 0.132 e. The van der Waals surface area contributed by atoms with Gasteiger partial charge in [-0.15, -0.1) is 6.58 Å². The number of aromatic nitrogens is 1. The number of hydrogen-bond donors (Lipinski definition) is 1. The summed E-state index contributed by atoms with van der Waals surface area (Å²) in [6.07, 6.45) is 4.49. The molecule has 2 aromatic rings. The Morgan fingerprint density at radius 2 is 2.28 bits per heavy atom. The van der Waals surface area contributed by atoms with Crippen molar-refractivity contribution in [3.05, 3.63) is 53.9 Å². The normalized spacial score (nSPS) is 32.5. The molecule has 3 aliphatic heterocycles. The van der Waals surface area contributed by atoms with Gasteiger partial charge in [0.05, 0.1) is 25.7 Å². The van der Waals surface area contributed by atoms with E-state index in [1.807, 2.05) is 30.3 Å². The lowest BCUT2D eigenvalue weighted by atomic mass is 9.73. The van der Waals surface area contributed by atoms with E-state index < -0.39 is 6.10 Å². The molecule has 0 spiro atoms. The van der Waals surface area contributed by atoms with Crippen LogP contribution in [-0.4, -0.2) is 41.0 Å². The fourth-order valence-electron chi connectivity index (χ4n) is 4.68. The van der Waals surface area contributed by atoms with E-state index in [4.69, 9.17) is 4.74 Å². The Morgan fingerprint density at radius 3 is 3.00 bits per heavy atom. The summed E-state index contributed by atoms with van der Waals surface area (Å²) < 4.78 is 5.00. The monoisotopic (exact) mass is 340 g/mol. The van der Waals surface area contributed by atoms with Crippen LogP contribution in [0.4, 0.5) is 0 Å². The quantitative estimate of drug-likeness (QED) is 0.527. The van der Waals surface area contributed by atoms with Gasteiger partial charge in [0, 0.05) is 30.3 Å². The molecule has 1 aromatic heterocycles. The topological polar surface area (TPSA) is 65.4 Å². The molecule has 3 saturated heterocycles. The van der Waals surface area contributed by atoms with Gasteiger partial charge >= 0.3 is 0 Å². The van der Waals surface area contributed by atoms with E-state index in [-0.39, 0.29) is 16.6 Å². The van der Waals surface area contributed by atoms with Crippen LogP contribution < -0.4 is 4.74 Å². The van der Waals surface area contributed by atoms with E-state index in [0.717, 1.165) is 35.1 Å². The van der Waals surface area contributed by atoms with Crippen LogP contribution in [-0.2, 0) is 0 Å². The minimum atomic E-state index is -0.802. The molecule has 0 amide bonds. The number of ether oxygens (including phenoxy) is 1. The Kier molecular flexibility index (Phi) is 4.02. The third-order valence-electron chi connectivity index (χ3n) is 6.12. The molecule has 3 fully saturated rings. The number of aliphatic hydroxyl groups is 1. The summed E-state index contributed by atoms with van der Waals surface area (Å²) in [7, 11) is 1.62. The molecule has 4 heterocycles. The van der Waals surface area contributed by atoms with Crippen LogP contribution in [0.15, 0.2) is 43.1 Å². The molecule has 132 valence electrons. The molecule has 0 saturated carbocycles. The molecule has 1 N–H and O–H groups in total. The summed E-state index contributed by atoms with van der Waals surface area (Å²) >= 11 is 0. The van der Waals surface area contributed by atoms with Gasteiger partial charge in [0.2, 0.25) is 0 Å². The summed E-state index contributed by atoms with van der Waals surface area (Å²) in [5.74, 6) is 1.44. The van der Waals surface area contributed by atoms with Crippen LogP contribution in [0.3, 0.4) is 0 Å². The highest BCUT2D eigenvalue weighted by Crippen LogP contribution is 2.46. The number of rotatable bonds is 4. The average Bonchev–Trinajstić information content (AvgIpc) is 2.66. The van der Waals surface area contributed by atoms with Crippen molar-refractivity contribution in [2.45, 2.75) is 25.0 Å². The minimum Gasteiger partial charge on any atom is -0.632 e. The standard InChI is InChI=1S/C20H24N2O3/c1-3-13-12-22(24)9-7-14(13)10-19(22)20(23)16-6-8-21-18-5-4-15(25-2)11-17(16)18/h3-6,8,11,13-14,19-20,23H,1,7,9-10,12H2,2H3/t13-,14?,19-,20-,22?/m0/s1. The number of nitrogens with zero attached hydrogens (tertiary/aromatic N) is 2. The van der Waals surface area contributed by atoms with Gasteiger partial charge in [-0.2, -0.15) is 0 Å². The molecule has 5 rings (SSSR count). The highest BCUT2D eigenvalue weighted by Gasteiger charge is 2.49. The van der Waals surface area contributed by atoms with Crippen molar-refractivity contribution in [1.29, 1.82) is 0 Å². The van der Waals surface area contributed by atoms with Crippen LogP contribution in [0.1, 0.15) is 24.5 Å². The first-order valence-corrected chi connectivity index (χ1v) is 8.87. The molecule has 1 aromatic carbocycles. The zero-order valence-electron chi connectivity index (χ0n) is 14.5. The molecule has 2 unspecified atom stereocenters. The van der Waals surface area contributed by atoms with Gasteiger partial charge in [-0.3, -0.25) is 4.98 Å². The van der Waals surface area contributed by atoms with Crippen LogP contribution in [0.25, 0.3) is 10.9 Å². The Labute approximate surface area is 147 Å². The van der Waals surface area contributed by atoms with Gasteiger partial charge in [-0.25, -0.2) is 0 Å². The van der Waals surface area contributed by atoms with Crippen LogP contribution in [0, 0.1) is 17.0 Å². The zero-order valence-corrected chi connectivity index (χ0v) is 14.5. The van der Waals surface area contributed by atoms with E-state index in [1.54, 1.807) is 13.3 Å². The van der Waals surface area contributed by atoms with Crippen LogP contribution in [0.2, 0.25) is 0 Å². The lowest BCUT2D eigenvalue weighted by Gasteiger charge is -2.61. The van der Waals surface area contributed by atoms with E-state index >= 15 is 0 Å². The Bertz CT molecular complexity index is 809. The Balaban J connectivity index is 1.73. The second kappa shape index (κ2) is 6.09. The SMILES string of the molecule is C=C[C@H]1C[N+]2([O-])CCC1C[C@H]2[C@@H](O)c1ccnc2ccc(OC)cc12. The lowest BCUT2D eigenvalue weighted by molar-refractivity contribution is -0.929. The zero-order chi connectivity index (χ0) is 17.6. The van der Waals surface area contributed by atoms with Crippen molar-refractivity contribution >= 4 is 10.9 Å². The summed E-state index contributed by atoms with van der Waals surface area (Å²) in [4.78, 5) is 4.37. The smallest absolute Gasteiger partial charge is 0.132 e. The molecular weight excluding hydrogens is 316 g/mol. The molecule has 3 aliphatic rings. The van der Waals surface area contributed by atoms with Gasteiger partial charge in [-0.05, 0) is 35.7 Å². The molecule has 5 nitrogen and oxygen atoms in total. The second-order valence-electron chi connectivity index (χ2n) is 7.34. The van der Waals surface area contributed by atoms with Gasteiger partial charge in [-0.1, -0.05) is 6.08 Å². The number of aliphatic hydroxyl groups excluding tert-OH is 1. The second-order valence-corrected chi connectivity index (χ2v) is 7.34. The van der Waals surface area contributed by atoms with Crippen LogP contribution >= 0.6 is 0 Å². The highest BCUT2D eigenvalue weighted by molar-refractivity contribution is 5.83. The van der Waals surface area contributed by atoms with Gasteiger partial charge in [0.1, 0.15) is 17.9 Å². The van der Waals surface area contributed by atoms with Crippen molar-refractivity contribution < 1.29 is 14.5 Å². The van der Waals surface area contributed by atoms with E-state index in [1.165, 1.54) is 0 Å². The Morgan fingerprint density at radius 1 is 1.44 bits per heavy atom. The molecule has 0 radical (unpaired) electrons. The largest absolute Gasteiger partial charge is 0.632 e. The third-order valence-corrected chi connectivity index (χ3v) is 6.12. The molecular formula is C20H24N2O3. The van der Waals surface area contributed by atoms with E-state index in [9.17, 15) is 10.3 Å². The summed E-state index contributed by atoms with van der Waals surface area (Å²) in [5.41, 5.74) is 1.57. The fraction of sp³-hybridized carbons (Fsp3) is 0.450. The first kappa shape index (κ1) is 16.5. The average molecular weight is 340 g/mol. The van der Waals surface area contributed by atoms with Crippen molar-refractivity contribution in [1.82, 2.24) is 4.98 Å². The summed E-state index contributed by atoms with van der Waals surface area (Å²) in [6, 6.07) is 7.12. The van der Waals surface area contributed by atoms with Gasteiger partial charge in [0.25, 0.3) is 0 Å². The van der Waals surface area contributed by atoms with Crippen molar-refractivity contribution in [2.24, 2.45) is 11.8 Å². The molecule has 5 heteroatoms. The van der Waals surface area contributed by atoms with Crippen molar-refractivity contribution in [3.63, 3.8) is 0 Å².